The predicted molar refractivity (Wildman–Crippen MR) is 119 cm³/mol. The van der Waals surface area contributed by atoms with E-state index in [1.54, 1.807) is 11.1 Å². The van der Waals surface area contributed by atoms with E-state index in [2.05, 4.69) is 46.7 Å². The molecule has 2 aromatic rings. The second-order valence-electron chi connectivity index (χ2n) is 8.13. The van der Waals surface area contributed by atoms with Crippen molar-refractivity contribution >= 4 is 11.9 Å². The van der Waals surface area contributed by atoms with E-state index in [9.17, 15) is 4.79 Å². The standard InChI is InChI=1S/C23H33N5O2/c1-17-7-8-20(15-18(17)2)30-14-6-9-27(5)22(29)21-16-24-23(25-19(21)3)28-12-10-26(4)11-13-28/h7-8,15-16H,6,9-14H2,1-5H3. The molecule has 0 unspecified atom stereocenters. The number of hydrogen-bond acceptors (Lipinski definition) is 6. The Bertz CT molecular complexity index is 878. The van der Waals surface area contributed by atoms with Crippen molar-refractivity contribution in [1.29, 1.82) is 0 Å². The number of amides is 1. The van der Waals surface area contributed by atoms with Gasteiger partial charge in [-0.15, -0.1) is 0 Å². The summed E-state index contributed by atoms with van der Waals surface area (Å²) in [6.07, 6.45) is 2.43. The van der Waals surface area contributed by atoms with Crippen molar-refractivity contribution in [3.63, 3.8) is 0 Å². The first-order valence-electron chi connectivity index (χ1n) is 10.6. The Morgan fingerprint density at radius 3 is 2.53 bits per heavy atom. The van der Waals surface area contributed by atoms with Crippen LogP contribution in [0.3, 0.4) is 0 Å². The van der Waals surface area contributed by atoms with Gasteiger partial charge in [-0.1, -0.05) is 6.07 Å². The average molecular weight is 412 g/mol. The molecule has 0 bridgehead atoms. The molecule has 0 atom stereocenters. The van der Waals surface area contributed by atoms with Crippen LogP contribution in [0.1, 0.15) is 33.6 Å². The minimum atomic E-state index is -0.0522. The molecule has 1 aromatic heterocycles. The van der Waals surface area contributed by atoms with Gasteiger partial charge in [0.25, 0.3) is 5.91 Å². The van der Waals surface area contributed by atoms with Crippen molar-refractivity contribution in [1.82, 2.24) is 19.8 Å². The molecular weight excluding hydrogens is 378 g/mol. The minimum absolute atomic E-state index is 0.0522. The van der Waals surface area contributed by atoms with Gasteiger partial charge in [0.2, 0.25) is 5.95 Å². The molecule has 2 heterocycles. The van der Waals surface area contributed by atoms with Gasteiger partial charge in [-0.2, -0.15) is 0 Å². The number of benzene rings is 1. The Hall–Kier alpha value is -2.67. The highest BCUT2D eigenvalue weighted by Gasteiger charge is 2.20. The highest BCUT2D eigenvalue weighted by molar-refractivity contribution is 5.94. The zero-order valence-corrected chi connectivity index (χ0v) is 18.8. The van der Waals surface area contributed by atoms with E-state index < -0.39 is 0 Å². The molecule has 3 rings (SSSR count). The van der Waals surface area contributed by atoms with Gasteiger partial charge >= 0.3 is 0 Å². The molecule has 1 fully saturated rings. The molecule has 0 saturated carbocycles. The van der Waals surface area contributed by atoms with Crippen molar-refractivity contribution < 1.29 is 9.53 Å². The Kier molecular flexibility index (Phi) is 7.26. The van der Waals surface area contributed by atoms with E-state index in [0.717, 1.165) is 44.0 Å². The maximum absolute atomic E-state index is 12.8. The molecule has 1 aliphatic rings. The molecule has 7 heteroatoms. The summed E-state index contributed by atoms with van der Waals surface area (Å²) in [5.41, 5.74) is 3.76. The molecular formula is C23H33N5O2. The Balaban J connectivity index is 1.50. The highest BCUT2D eigenvalue weighted by atomic mass is 16.5. The lowest BCUT2D eigenvalue weighted by Crippen LogP contribution is -2.45. The monoisotopic (exact) mass is 411 g/mol. The predicted octanol–water partition coefficient (Wildman–Crippen LogP) is 2.69. The lowest BCUT2D eigenvalue weighted by Gasteiger charge is -2.32. The van der Waals surface area contributed by atoms with E-state index in [1.807, 2.05) is 26.1 Å². The zero-order valence-electron chi connectivity index (χ0n) is 18.8. The number of anilines is 1. The summed E-state index contributed by atoms with van der Waals surface area (Å²) in [5.74, 6) is 1.53. The number of likely N-dealkylation sites (N-methyl/N-ethyl adjacent to an activating group) is 1. The first-order chi connectivity index (χ1) is 14.3. The largest absolute Gasteiger partial charge is 0.494 e. The number of hydrogen-bond donors (Lipinski definition) is 0. The van der Waals surface area contributed by atoms with E-state index in [-0.39, 0.29) is 5.91 Å². The van der Waals surface area contributed by atoms with Crippen LogP contribution in [0.4, 0.5) is 5.95 Å². The van der Waals surface area contributed by atoms with Gasteiger partial charge < -0.3 is 19.4 Å². The maximum Gasteiger partial charge on any atom is 0.257 e. The molecule has 1 amide bonds. The topological polar surface area (TPSA) is 61.8 Å². The van der Waals surface area contributed by atoms with Crippen LogP contribution in [-0.4, -0.2) is 79.1 Å². The molecule has 1 saturated heterocycles. The Morgan fingerprint density at radius 1 is 1.13 bits per heavy atom. The van der Waals surface area contributed by atoms with Crippen LogP contribution in [0, 0.1) is 20.8 Å². The number of piperazine rings is 1. The molecule has 30 heavy (non-hydrogen) atoms. The first-order valence-corrected chi connectivity index (χ1v) is 10.6. The molecule has 0 radical (unpaired) electrons. The third-order valence-electron chi connectivity index (χ3n) is 5.71. The van der Waals surface area contributed by atoms with Gasteiger partial charge in [0.05, 0.1) is 17.9 Å². The van der Waals surface area contributed by atoms with Crippen molar-refractivity contribution in [2.24, 2.45) is 0 Å². The molecule has 7 nitrogen and oxygen atoms in total. The van der Waals surface area contributed by atoms with Crippen molar-refractivity contribution in [3.05, 3.63) is 46.8 Å². The second kappa shape index (κ2) is 9.89. The van der Waals surface area contributed by atoms with Crippen molar-refractivity contribution in [2.75, 3.05) is 58.3 Å². The van der Waals surface area contributed by atoms with E-state index in [4.69, 9.17) is 4.74 Å². The van der Waals surface area contributed by atoms with Crippen molar-refractivity contribution in [3.8, 4) is 5.75 Å². The summed E-state index contributed by atoms with van der Waals surface area (Å²) < 4.78 is 5.82. The summed E-state index contributed by atoms with van der Waals surface area (Å²) in [7, 11) is 3.93. The SMILES string of the molecule is Cc1ccc(OCCCN(C)C(=O)c2cnc(N3CCN(C)CC3)nc2C)cc1C. The summed E-state index contributed by atoms with van der Waals surface area (Å²) >= 11 is 0. The normalized spacial score (nSPS) is 14.6. The average Bonchev–Trinajstić information content (AvgIpc) is 2.73. The number of rotatable bonds is 7. The number of carbonyl (C=O) groups is 1. The quantitative estimate of drug-likeness (QED) is 0.653. The Morgan fingerprint density at radius 2 is 1.87 bits per heavy atom. The van der Waals surface area contributed by atoms with Crippen LogP contribution in [0.25, 0.3) is 0 Å². The lowest BCUT2D eigenvalue weighted by atomic mass is 10.1. The van der Waals surface area contributed by atoms with E-state index >= 15 is 0 Å². The summed E-state index contributed by atoms with van der Waals surface area (Å²) in [6, 6.07) is 6.10. The number of aromatic nitrogens is 2. The molecule has 0 N–H and O–H groups in total. The molecule has 1 aliphatic heterocycles. The third kappa shape index (κ3) is 5.48. The zero-order chi connectivity index (χ0) is 21.7. The van der Waals surface area contributed by atoms with Crippen LogP contribution in [0.2, 0.25) is 0 Å². The van der Waals surface area contributed by atoms with Gasteiger partial charge in [-0.05, 0) is 57.5 Å². The van der Waals surface area contributed by atoms with Gasteiger partial charge in [0.1, 0.15) is 5.75 Å². The number of aryl methyl sites for hydroxylation is 3. The van der Waals surface area contributed by atoms with Gasteiger partial charge in [-0.25, -0.2) is 9.97 Å². The van der Waals surface area contributed by atoms with Crippen LogP contribution in [0.5, 0.6) is 5.75 Å². The fraction of sp³-hybridized carbons (Fsp3) is 0.522. The van der Waals surface area contributed by atoms with Gasteiger partial charge in [0.15, 0.2) is 0 Å². The fourth-order valence-corrected chi connectivity index (χ4v) is 3.43. The molecule has 162 valence electrons. The molecule has 1 aromatic carbocycles. The fourth-order valence-electron chi connectivity index (χ4n) is 3.43. The van der Waals surface area contributed by atoms with E-state index in [0.29, 0.717) is 24.7 Å². The summed E-state index contributed by atoms with van der Waals surface area (Å²) in [4.78, 5) is 28.1. The minimum Gasteiger partial charge on any atom is -0.494 e. The number of carbonyl (C=O) groups excluding carboxylic acids is 1. The van der Waals surface area contributed by atoms with Gasteiger partial charge in [0, 0.05) is 46.0 Å². The maximum atomic E-state index is 12.8. The van der Waals surface area contributed by atoms with Gasteiger partial charge in [-0.3, -0.25) is 4.79 Å². The molecule has 0 aliphatic carbocycles. The lowest BCUT2D eigenvalue weighted by molar-refractivity contribution is 0.0786. The molecule has 0 spiro atoms. The van der Waals surface area contributed by atoms with Crippen LogP contribution in [0.15, 0.2) is 24.4 Å². The van der Waals surface area contributed by atoms with Crippen LogP contribution >= 0.6 is 0 Å². The highest BCUT2D eigenvalue weighted by Crippen LogP contribution is 2.17. The van der Waals surface area contributed by atoms with Crippen LogP contribution < -0.4 is 9.64 Å². The summed E-state index contributed by atoms with van der Waals surface area (Å²) in [6.45, 7) is 11.0. The smallest absolute Gasteiger partial charge is 0.257 e. The van der Waals surface area contributed by atoms with Crippen LogP contribution in [-0.2, 0) is 0 Å². The third-order valence-corrected chi connectivity index (χ3v) is 5.71. The second-order valence-corrected chi connectivity index (χ2v) is 8.13. The number of nitrogens with zero attached hydrogens (tertiary/aromatic N) is 5. The van der Waals surface area contributed by atoms with E-state index in [1.165, 1.54) is 11.1 Å². The first kappa shape index (κ1) is 22.0. The van der Waals surface area contributed by atoms with Crippen molar-refractivity contribution in [2.45, 2.75) is 27.2 Å². The Labute approximate surface area is 179 Å². The number of ether oxygens (including phenoxy) is 1. The summed E-state index contributed by atoms with van der Waals surface area (Å²) in [5, 5.41) is 0.